The molecule has 8 nitrogen and oxygen atoms in total. The van der Waals surface area contributed by atoms with Crippen LogP contribution >= 0.6 is 0 Å². The number of carbonyl (C=O) groups excluding carboxylic acids is 1. The van der Waals surface area contributed by atoms with E-state index in [4.69, 9.17) is 0 Å². The van der Waals surface area contributed by atoms with Crippen molar-refractivity contribution in [3.8, 4) is 0 Å². The zero-order chi connectivity index (χ0) is 24.7. The van der Waals surface area contributed by atoms with Crippen LogP contribution in [-0.4, -0.2) is 53.9 Å². The fraction of sp³-hybridized carbons (Fsp3) is 0.478. The molecular weight excluding hydrogens is 451 g/mol. The number of amides is 1. The number of likely N-dealkylation sites (tertiary alicyclic amines) is 1. The fourth-order valence-electron chi connectivity index (χ4n) is 4.46. The molecule has 1 aromatic carbocycles. The van der Waals surface area contributed by atoms with Crippen molar-refractivity contribution in [2.45, 2.75) is 50.4 Å². The molecule has 1 atom stereocenters. The zero-order valence-electron chi connectivity index (χ0n) is 18.9. The van der Waals surface area contributed by atoms with Crippen molar-refractivity contribution in [2.24, 2.45) is 7.05 Å². The highest BCUT2D eigenvalue weighted by Crippen LogP contribution is 2.33. The van der Waals surface area contributed by atoms with E-state index in [-0.39, 0.29) is 31.2 Å². The quantitative estimate of drug-likeness (QED) is 0.610. The van der Waals surface area contributed by atoms with Gasteiger partial charge in [-0.15, -0.1) is 0 Å². The summed E-state index contributed by atoms with van der Waals surface area (Å²) in [5.74, 6) is 0.0534. The van der Waals surface area contributed by atoms with E-state index in [0.29, 0.717) is 24.2 Å². The van der Waals surface area contributed by atoms with Gasteiger partial charge in [-0.3, -0.25) is 18.8 Å². The van der Waals surface area contributed by atoms with E-state index in [0.717, 1.165) is 23.5 Å². The number of aliphatic hydroxyl groups is 1. The maximum atomic E-state index is 13.3. The molecular formula is C23H26F3N5O3. The third-order valence-corrected chi connectivity index (χ3v) is 6.44. The maximum absolute atomic E-state index is 13.3. The minimum absolute atomic E-state index is 0.00757. The first-order valence-electron chi connectivity index (χ1n) is 11.0. The van der Waals surface area contributed by atoms with Crippen LogP contribution in [0, 0.1) is 0 Å². The fourth-order valence-corrected chi connectivity index (χ4v) is 4.46. The van der Waals surface area contributed by atoms with Crippen molar-refractivity contribution in [2.75, 3.05) is 13.1 Å². The van der Waals surface area contributed by atoms with E-state index in [1.54, 1.807) is 4.90 Å². The molecule has 0 radical (unpaired) electrons. The lowest BCUT2D eigenvalue weighted by Gasteiger charge is -2.38. The summed E-state index contributed by atoms with van der Waals surface area (Å²) in [5, 5.41) is 14.7. The number of rotatable bonds is 5. The number of nitrogens with zero attached hydrogens (tertiary/aromatic N) is 5. The molecule has 3 heterocycles. The number of alkyl halides is 3. The highest BCUT2D eigenvalue weighted by atomic mass is 19.4. The maximum Gasteiger partial charge on any atom is 0.435 e. The number of carbonyl (C=O) groups is 1. The smallest absolute Gasteiger partial charge is 0.388 e. The molecule has 182 valence electrons. The van der Waals surface area contributed by atoms with E-state index in [1.165, 1.54) is 0 Å². The topological polar surface area (TPSA) is 93.2 Å². The second-order valence-corrected chi connectivity index (χ2v) is 8.97. The first-order chi connectivity index (χ1) is 16.0. The van der Waals surface area contributed by atoms with Crippen LogP contribution in [0.2, 0.25) is 0 Å². The summed E-state index contributed by atoms with van der Waals surface area (Å²) in [6, 6.07) is 9.75. The lowest BCUT2D eigenvalue weighted by atomic mass is 9.90. The summed E-state index contributed by atoms with van der Waals surface area (Å²) in [6.07, 6.45) is -2.87. The minimum Gasteiger partial charge on any atom is -0.388 e. The van der Waals surface area contributed by atoms with Gasteiger partial charge >= 0.3 is 6.18 Å². The Morgan fingerprint density at radius 3 is 2.44 bits per heavy atom. The average molecular weight is 477 g/mol. The molecule has 1 N–H and O–H groups in total. The number of hydrogen-bond acceptors (Lipinski definition) is 5. The summed E-state index contributed by atoms with van der Waals surface area (Å²) in [6.45, 7) is 2.49. The monoisotopic (exact) mass is 477 g/mol. The molecule has 0 aliphatic carbocycles. The molecule has 0 saturated carbocycles. The number of fused-ring (bicyclic) bond motifs is 1. The molecule has 11 heteroatoms. The van der Waals surface area contributed by atoms with Crippen LogP contribution in [0.5, 0.6) is 0 Å². The normalized spacial score (nSPS) is 17.2. The van der Waals surface area contributed by atoms with E-state index in [9.17, 15) is 27.9 Å². The third kappa shape index (κ3) is 4.70. The highest BCUT2D eigenvalue weighted by Gasteiger charge is 2.39. The number of halogens is 3. The van der Waals surface area contributed by atoms with Crippen LogP contribution in [0.3, 0.4) is 0 Å². The summed E-state index contributed by atoms with van der Waals surface area (Å²) < 4.78 is 41.5. The molecule has 34 heavy (non-hydrogen) atoms. The molecule has 3 aromatic rings. The van der Waals surface area contributed by atoms with Crippen molar-refractivity contribution in [3.05, 3.63) is 58.3 Å². The second kappa shape index (κ2) is 8.86. The Morgan fingerprint density at radius 2 is 1.82 bits per heavy atom. The van der Waals surface area contributed by atoms with Crippen LogP contribution in [-0.2, 0) is 24.6 Å². The molecule has 1 saturated heterocycles. The Balaban J connectivity index is 1.43. The predicted octanol–water partition coefficient (Wildman–Crippen LogP) is 2.70. The van der Waals surface area contributed by atoms with Gasteiger partial charge in [-0.1, -0.05) is 37.3 Å². The molecule has 1 aliphatic heterocycles. The van der Waals surface area contributed by atoms with Crippen LogP contribution in [0.15, 0.2) is 41.5 Å². The number of benzene rings is 1. The van der Waals surface area contributed by atoms with Crippen molar-refractivity contribution < 1.29 is 23.1 Å². The molecule has 1 unspecified atom stereocenters. The van der Waals surface area contributed by atoms with Crippen LogP contribution in [0.1, 0.15) is 43.4 Å². The van der Waals surface area contributed by atoms with Gasteiger partial charge in [0, 0.05) is 26.6 Å². The predicted molar refractivity (Wildman–Crippen MR) is 118 cm³/mol. The van der Waals surface area contributed by atoms with Crippen molar-refractivity contribution in [3.63, 3.8) is 0 Å². The van der Waals surface area contributed by atoms with E-state index in [1.807, 2.05) is 37.3 Å². The molecule has 1 fully saturated rings. The van der Waals surface area contributed by atoms with E-state index < -0.39 is 34.1 Å². The minimum atomic E-state index is -4.70. The molecule has 1 aliphatic rings. The summed E-state index contributed by atoms with van der Waals surface area (Å²) in [5.41, 5.74) is -2.97. The summed E-state index contributed by atoms with van der Waals surface area (Å²) in [7, 11) is 1.10. The summed E-state index contributed by atoms with van der Waals surface area (Å²) >= 11 is 0. The second-order valence-electron chi connectivity index (χ2n) is 8.97. The number of aromatic nitrogens is 4. The first kappa shape index (κ1) is 23.9. The van der Waals surface area contributed by atoms with E-state index in [2.05, 4.69) is 10.1 Å². The molecule has 4 rings (SSSR count). The van der Waals surface area contributed by atoms with Gasteiger partial charge in [0.15, 0.2) is 11.2 Å². The van der Waals surface area contributed by atoms with Crippen LogP contribution in [0.25, 0.3) is 11.0 Å². The Labute approximate surface area is 193 Å². The van der Waals surface area contributed by atoms with Crippen LogP contribution < -0.4 is 5.56 Å². The third-order valence-electron chi connectivity index (χ3n) is 6.44. The van der Waals surface area contributed by atoms with Gasteiger partial charge in [-0.25, -0.2) is 4.98 Å². The summed E-state index contributed by atoms with van der Waals surface area (Å²) in [4.78, 5) is 31.0. The van der Waals surface area contributed by atoms with Crippen LogP contribution in [0.4, 0.5) is 13.2 Å². The first-order valence-corrected chi connectivity index (χ1v) is 11.0. The average Bonchev–Trinajstić information content (AvgIpc) is 3.14. The van der Waals surface area contributed by atoms with Gasteiger partial charge in [0.25, 0.3) is 5.56 Å². The Morgan fingerprint density at radius 1 is 1.18 bits per heavy atom. The van der Waals surface area contributed by atoms with Gasteiger partial charge in [-0.05, 0) is 24.3 Å². The SMILES string of the molecule is CC(CC(=O)N1CCC(O)(Cn2cnc3c(C(F)(F)F)n(C)nc3c2=O)CC1)c1ccccc1. The lowest BCUT2D eigenvalue weighted by molar-refractivity contribution is -0.142. The van der Waals surface area contributed by atoms with Gasteiger partial charge < -0.3 is 10.0 Å². The molecule has 2 aromatic heterocycles. The van der Waals surface area contributed by atoms with Crippen molar-refractivity contribution in [1.82, 2.24) is 24.2 Å². The number of piperidine rings is 1. The van der Waals surface area contributed by atoms with Crippen molar-refractivity contribution >= 4 is 16.9 Å². The van der Waals surface area contributed by atoms with Gasteiger partial charge in [-0.2, -0.15) is 18.3 Å². The number of aryl methyl sites for hydroxylation is 1. The standard InChI is InChI=1S/C23H26F3N5O3/c1-15(16-6-4-3-5-7-16)12-17(32)30-10-8-22(34,9-11-30)13-31-14-27-18-19(21(31)33)28-29(2)20(18)23(24,25)26/h3-7,14-15,34H,8-13H2,1-2H3. The van der Waals surface area contributed by atoms with E-state index >= 15 is 0 Å². The molecule has 0 spiro atoms. The zero-order valence-corrected chi connectivity index (χ0v) is 18.9. The lowest BCUT2D eigenvalue weighted by Crippen LogP contribution is -2.49. The van der Waals surface area contributed by atoms with Gasteiger partial charge in [0.2, 0.25) is 5.91 Å². The molecule has 0 bridgehead atoms. The molecule has 1 amide bonds. The Bertz CT molecular complexity index is 1240. The number of hydrogen-bond donors (Lipinski definition) is 1. The Kier molecular flexibility index (Phi) is 6.24. The van der Waals surface area contributed by atoms with Crippen molar-refractivity contribution in [1.29, 1.82) is 0 Å². The Hall–Kier alpha value is -3.21. The highest BCUT2D eigenvalue weighted by molar-refractivity contribution is 5.77. The van der Waals surface area contributed by atoms with Gasteiger partial charge in [0.05, 0.1) is 18.5 Å². The van der Waals surface area contributed by atoms with Gasteiger partial charge in [0.1, 0.15) is 5.52 Å². The largest absolute Gasteiger partial charge is 0.435 e.